The quantitative estimate of drug-likeness (QED) is 0.926. The summed E-state index contributed by atoms with van der Waals surface area (Å²) in [6.45, 7) is 0.764. The lowest BCUT2D eigenvalue weighted by atomic mass is 9.88. The smallest absolute Gasteiger partial charge is 0.308 e. The maximum Gasteiger partial charge on any atom is 0.308 e. The van der Waals surface area contributed by atoms with Gasteiger partial charge in [0.15, 0.2) is 0 Å². The second-order valence-electron chi connectivity index (χ2n) is 6.52. The van der Waals surface area contributed by atoms with Crippen LogP contribution in [0.4, 0.5) is 0 Å². The molecule has 1 aromatic rings. The Bertz CT molecular complexity index is 594. The van der Waals surface area contributed by atoms with E-state index in [0.29, 0.717) is 18.8 Å². The number of para-hydroxylation sites is 1. The highest BCUT2D eigenvalue weighted by molar-refractivity contribution is 5.81. The summed E-state index contributed by atoms with van der Waals surface area (Å²) in [5.74, 6) is -0.723. The lowest BCUT2D eigenvalue weighted by molar-refractivity contribution is -0.142. The minimum absolute atomic E-state index is 0.0841. The van der Waals surface area contributed by atoms with Crippen molar-refractivity contribution < 1.29 is 19.4 Å². The van der Waals surface area contributed by atoms with Gasteiger partial charge in [-0.3, -0.25) is 9.59 Å². The first-order valence-corrected chi connectivity index (χ1v) is 8.26. The van der Waals surface area contributed by atoms with Gasteiger partial charge in [-0.25, -0.2) is 0 Å². The zero-order valence-electron chi connectivity index (χ0n) is 13.4. The number of hydrogen-bond acceptors (Lipinski definition) is 3. The fourth-order valence-corrected chi connectivity index (χ4v) is 3.95. The third kappa shape index (κ3) is 3.05. The molecule has 1 saturated carbocycles. The third-order valence-electron chi connectivity index (χ3n) is 5.19. The normalized spacial score (nSPS) is 24.8. The zero-order chi connectivity index (χ0) is 16.4. The van der Waals surface area contributed by atoms with Gasteiger partial charge in [-0.1, -0.05) is 31.0 Å². The molecule has 0 unspecified atom stereocenters. The minimum atomic E-state index is -0.845. The Morgan fingerprint density at radius 2 is 1.87 bits per heavy atom. The van der Waals surface area contributed by atoms with Gasteiger partial charge in [0.05, 0.1) is 13.0 Å². The summed E-state index contributed by atoms with van der Waals surface area (Å²) in [6.07, 6.45) is 4.07. The van der Waals surface area contributed by atoms with Gasteiger partial charge in [0.1, 0.15) is 5.75 Å². The highest BCUT2D eigenvalue weighted by Gasteiger charge is 2.43. The van der Waals surface area contributed by atoms with Crippen LogP contribution in [0.1, 0.15) is 37.2 Å². The van der Waals surface area contributed by atoms with Gasteiger partial charge in [-0.15, -0.1) is 0 Å². The maximum atomic E-state index is 12.6. The molecular formula is C18H23NO4. The predicted molar refractivity (Wildman–Crippen MR) is 85.4 cm³/mol. The number of carboxylic acids is 1. The molecule has 2 aliphatic rings. The highest BCUT2D eigenvalue weighted by Crippen LogP contribution is 2.39. The van der Waals surface area contributed by atoms with Crippen LogP contribution in [0.2, 0.25) is 0 Å². The molecule has 5 heteroatoms. The summed E-state index contributed by atoms with van der Waals surface area (Å²) < 4.78 is 5.38. The highest BCUT2D eigenvalue weighted by atomic mass is 16.5. The predicted octanol–water partition coefficient (Wildman–Crippen LogP) is 2.51. The Kier molecular flexibility index (Phi) is 4.55. The van der Waals surface area contributed by atoms with E-state index in [2.05, 4.69) is 0 Å². The molecule has 5 nitrogen and oxygen atoms in total. The summed E-state index contributed by atoms with van der Waals surface area (Å²) in [7, 11) is 1.59. The van der Waals surface area contributed by atoms with E-state index in [1.165, 1.54) is 0 Å². The van der Waals surface area contributed by atoms with Crippen LogP contribution in [-0.4, -0.2) is 42.1 Å². The molecule has 124 valence electrons. The molecule has 0 aromatic heterocycles. The van der Waals surface area contributed by atoms with Crippen molar-refractivity contribution in [2.75, 3.05) is 20.2 Å². The van der Waals surface area contributed by atoms with Crippen LogP contribution in [0, 0.1) is 11.8 Å². The first kappa shape index (κ1) is 15.8. The molecule has 0 bridgehead atoms. The molecule has 1 saturated heterocycles. The summed E-state index contributed by atoms with van der Waals surface area (Å²) >= 11 is 0. The Hall–Kier alpha value is -2.04. The Balaban J connectivity index is 1.84. The number of carbonyl (C=O) groups excluding carboxylic acids is 1. The van der Waals surface area contributed by atoms with Crippen molar-refractivity contribution in [3.63, 3.8) is 0 Å². The van der Waals surface area contributed by atoms with Gasteiger partial charge in [0.25, 0.3) is 0 Å². The molecule has 3 rings (SSSR count). The number of aliphatic carboxylic acids is 1. The fraction of sp³-hybridized carbons (Fsp3) is 0.556. The molecular weight excluding hydrogens is 294 g/mol. The molecule has 1 N–H and O–H groups in total. The van der Waals surface area contributed by atoms with Gasteiger partial charge in [0, 0.05) is 24.9 Å². The zero-order valence-corrected chi connectivity index (χ0v) is 13.4. The van der Waals surface area contributed by atoms with E-state index in [1.54, 1.807) is 12.0 Å². The van der Waals surface area contributed by atoms with Crippen LogP contribution in [0.25, 0.3) is 0 Å². The summed E-state index contributed by atoms with van der Waals surface area (Å²) in [5, 5.41) is 9.59. The molecule has 2 atom stereocenters. The van der Waals surface area contributed by atoms with Crippen molar-refractivity contribution in [3.05, 3.63) is 29.8 Å². The number of ether oxygens (including phenoxy) is 1. The van der Waals surface area contributed by atoms with E-state index >= 15 is 0 Å². The van der Waals surface area contributed by atoms with E-state index in [-0.39, 0.29) is 17.7 Å². The first-order valence-electron chi connectivity index (χ1n) is 8.26. The van der Waals surface area contributed by atoms with Gasteiger partial charge in [0.2, 0.25) is 5.91 Å². The molecule has 1 aromatic carbocycles. The number of carbonyl (C=O) groups is 2. The standard InChI is InChI=1S/C18H23NO4/c1-23-16-9-5-4-8-13(16)14-10-19(11-15(14)18(21)22)17(20)12-6-2-3-7-12/h4-5,8-9,12,14-15H,2-3,6-7,10-11H2,1H3,(H,21,22)/t14-,15+/m0/s1. The summed E-state index contributed by atoms with van der Waals surface area (Å²) in [5.41, 5.74) is 0.879. The summed E-state index contributed by atoms with van der Waals surface area (Å²) in [6, 6.07) is 7.51. The van der Waals surface area contributed by atoms with Crippen molar-refractivity contribution in [2.24, 2.45) is 11.8 Å². The van der Waals surface area contributed by atoms with E-state index in [0.717, 1.165) is 31.2 Å². The van der Waals surface area contributed by atoms with Crippen LogP contribution < -0.4 is 4.74 Å². The van der Waals surface area contributed by atoms with Gasteiger partial charge in [-0.2, -0.15) is 0 Å². The second-order valence-corrected chi connectivity index (χ2v) is 6.52. The average Bonchev–Trinajstić information content (AvgIpc) is 3.23. The summed E-state index contributed by atoms with van der Waals surface area (Å²) in [4.78, 5) is 26.1. The third-order valence-corrected chi connectivity index (χ3v) is 5.19. The van der Waals surface area contributed by atoms with Crippen molar-refractivity contribution in [1.29, 1.82) is 0 Å². The maximum absolute atomic E-state index is 12.6. The monoisotopic (exact) mass is 317 g/mol. The number of nitrogens with zero attached hydrogens (tertiary/aromatic N) is 1. The molecule has 0 radical (unpaired) electrons. The lowest BCUT2D eigenvalue weighted by Gasteiger charge is -2.21. The molecule has 1 aliphatic heterocycles. The molecule has 1 amide bonds. The number of carboxylic acid groups (broad SMARTS) is 1. The van der Waals surface area contributed by atoms with Crippen LogP contribution >= 0.6 is 0 Å². The second kappa shape index (κ2) is 6.60. The van der Waals surface area contributed by atoms with Crippen molar-refractivity contribution in [3.8, 4) is 5.75 Å². The van der Waals surface area contributed by atoms with Gasteiger partial charge < -0.3 is 14.7 Å². The van der Waals surface area contributed by atoms with Gasteiger partial charge in [-0.05, 0) is 24.5 Å². The average molecular weight is 317 g/mol. The van der Waals surface area contributed by atoms with Gasteiger partial charge >= 0.3 is 5.97 Å². The van der Waals surface area contributed by atoms with Crippen molar-refractivity contribution >= 4 is 11.9 Å². The SMILES string of the molecule is COc1ccccc1[C@@H]1CN(C(=O)C2CCCC2)C[C@H]1C(=O)O. The molecule has 1 heterocycles. The lowest BCUT2D eigenvalue weighted by Crippen LogP contribution is -2.34. The number of amides is 1. The largest absolute Gasteiger partial charge is 0.496 e. The molecule has 23 heavy (non-hydrogen) atoms. The number of methoxy groups -OCH3 is 1. The number of hydrogen-bond donors (Lipinski definition) is 1. The minimum Gasteiger partial charge on any atom is -0.496 e. The molecule has 1 aliphatic carbocycles. The van der Waals surface area contributed by atoms with E-state index in [1.807, 2.05) is 24.3 Å². The van der Waals surface area contributed by atoms with Crippen molar-refractivity contribution in [2.45, 2.75) is 31.6 Å². The number of rotatable bonds is 4. The van der Waals surface area contributed by atoms with Crippen LogP contribution in [0.3, 0.4) is 0 Å². The van der Waals surface area contributed by atoms with E-state index < -0.39 is 11.9 Å². The fourth-order valence-electron chi connectivity index (χ4n) is 3.95. The Morgan fingerprint density at radius 3 is 2.52 bits per heavy atom. The Morgan fingerprint density at radius 1 is 1.17 bits per heavy atom. The van der Waals surface area contributed by atoms with Crippen LogP contribution in [-0.2, 0) is 9.59 Å². The first-order chi connectivity index (χ1) is 11.1. The van der Waals surface area contributed by atoms with Crippen LogP contribution in [0.5, 0.6) is 5.75 Å². The van der Waals surface area contributed by atoms with Crippen molar-refractivity contribution in [1.82, 2.24) is 4.90 Å². The molecule has 0 spiro atoms. The van der Waals surface area contributed by atoms with E-state index in [9.17, 15) is 14.7 Å². The van der Waals surface area contributed by atoms with E-state index in [4.69, 9.17) is 4.74 Å². The number of likely N-dealkylation sites (tertiary alicyclic amines) is 1. The molecule has 2 fully saturated rings. The Labute approximate surface area is 136 Å². The number of benzene rings is 1. The topological polar surface area (TPSA) is 66.8 Å². The van der Waals surface area contributed by atoms with Crippen LogP contribution in [0.15, 0.2) is 24.3 Å².